The highest BCUT2D eigenvalue weighted by atomic mass is 32.2. The minimum Gasteiger partial charge on any atom is -0.352 e. The molecule has 2 atom stereocenters. The fraction of sp³-hybridized carbons (Fsp3) is 0.414. The van der Waals surface area contributed by atoms with Crippen molar-refractivity contribution in [2.24, 2.45) is 0 Å². The maximum absolute atomic E-state index is 15.1. The van der Waals surface area contributed by atoms with Gasteiger partial charge in [0.2, 0.25) is 5.91 Å². The number of carbonyl (C=O) groups excluding carboxylic acids is 1. The number of aryl methyl sites for hydroxylation is 1. The van der Waals surface area contributed by atoms with E-state index in [1.165, 1.54) is 18.2 Å². The van der Waals surface area contributed by atoms with Crippen LogP contribution in [0.2, 0.25) is 0 Å². The summed E-state index contributed by atoms with van der Waals surface area (Å²) in [5, 5.41) is 0.767. The number of amides is 1. The van der Waals surface area contributed by atoms with E-state index in [0.29, 0.717) is 74.9 Å². The molecule has 0 spiro atoms. The van der Waals surface area contributed by atoms with Gasteiger partial charge in [-0.2, -0.15) is 4.98 Å². The van der Waals surface area contributed by atoms with Gasteiger partial charge in [0.25, 0.3) is 0 Å². The van der Waals surface area contributed by atoms with Crippen molar-refractivity contribution in [1.82, 2.24) is 19.4 Å². The third-order valence-corrected chi connectivity index (χ3v) is 9.31. The standard InChI is InChI=1S/C29H30F3N5O2S/c1-3-24(38)35-8-10-36(11-9-35)28-22-12-17(2)25(21-5-4-18(30)13-23(21)32)27-26(22)37(29(39)33-28)20(16-40-27)15-34-7-6-19(31)14-34/h3-5,12-13,19-20H,1,6-11,14-16H2,2H3. The fourth-order valence-corrected chi connectivity index (χ4v) is 7.51. The van der Waals surface area contributed by atoms with Crippen LogP contribution in [0.1, 0.15) is 18.0 Å². The van der Waals surface area contributed by atoms with Crippen LogP contribution < -0.4 is 10.6 Å². The molecule has 2 aromatic carbocycles. The highest BCUT2D eigenvalue weighted by Gasteiger charge is 2.33. The van der Waals surface area contributed by atoms with Crippen molar-refractivity contribution >= 4 is 34.4 Å². The second kappa shape index (κ2) is 10.6. The van der Waals surface area contributed by atoms with E-state index in [0.717, 1.165) is 21.9 Å². The van der Waals surface area contributed by atoms with Gasteiger partial charge in [-0.25, -0.2) is 18.0 Å². The molecule has 0 aliphatic carbocycles. The lowest BCUT2D eigenvalue weighted by molar-refractivity contribution is -0.126. The fourth-order valence-electron chi connectivity index (χ4n) is 6.14. The van der Waals surface area contributed by atoms with Crippen molar-refractivity contribution in [3.8, 4) is 11.1 Å². The molecule has 210 valence electrons. The van der Waals surface area contributed by atoms with E-state index < -0.39 is 23.5 Å². The summed E-state index contributed by atoms with van der Waals surface area (Å²) >= 11 is 1.54. The number of carbonyl (C=O) groups is 1. The number of hydrogen-bond acceptors (Lipinski definition) is 6. The van der Waals surface area contributed by atoms with Gasteiger partial charge in [0.15, 0.2) is 0 Å². The summed E-state index contributed by atoms with van der Waals surface area (Å²) < 4.78 is 44.5. The molecular weight excluding hydrogens is 539 g/mol. The Morgan fingerprint density at radius 1 is 1.18 bits per heavy atom. The predicted molar refractivity (Wildman–Crippen MR) is 151 cm³/mol. The molecule has 2 saturated heterocycles. The minimum atomic E-state index is -0.872. The zero-order valence-corrected chi connectivity index (χ0v) is 23.0. The molecule has 2 unspecified atom stereocenters. The lowest BCUT2D eigenvalue weighted by atomic mass is 9.96. The van der Waals surface area contributed by atoms with Crippen LogP contribution in [0.3, 0.4) is 0 Å². The summed E-state index contributed by atoms with van der Waals surface area (Å²) in [5.74, 6) is -0.390. The molecule has 1 aromatic heterocycles. The Morgan fingerprint density at radius 3 is 2.62 bits per heavy atom. The summed E-state index contributed by atoms with van der Waals surface area (Å²) in [6.45, 7) is 8.86. The third-order valence-electron chi connectivity index (χ3n) is 8.08. The molecule has 3 aliphatic heterocycles. The number of anilines is 1. The molecule has 11 heteroatoms. The molecule has 1 amide bonds. The van der Waals surface area contributed by atoms with Crippen molar-refractivity contribution in [3.05, 3.63) is 64.6 Å². The Kier molecular flexibility index (Phi) is 7.12. The van der Waals surface area contributed by atoms with Crippen LogP contribution in [-0.2, 0) is 4.79 Å². The van der Waals surface area contributed by atoms with Gasteiger partial charge in [0, 0.05) is 79.0 Å². The number of thioether (sulfide) groups is 1. The molecule has 40 heavy (non-hydrogen) atoms. The van der Waals surface area contributed by atoms with Crippen molar-refractivity contribution < 1.29 is 18.0 Å². The van der Waals surface area contributed by atoms with Crippen LogP contribution in [0.5, 0.6) is 0 Å². The first-order chi connectivity index (χ1) is 19.2. The highest BCUT2D eigenvalue weighted by Crippen LogP contribution is 2.46. The normalized spacial score (nSPS) is 21.3. The van der Waals surface area contributed by atoms with Crippen molar-refractivity contribution in [1.29, 1.82) is 0 Å². The Balaban J connectivity index is 1.51. The number of rotatable bonds is 5. The minimum absolute atomic E-state index is 0.136. The Bertz CT molecular complexity index is 1570. The number of aromatic nitrogens is 2. The van der Waals surface area contributed by atoms with Gasteiger partial charge in [-0.1, -0.05) is 6.58 Å². The van der Waals surface area contributed by atoms with Crippen LogP contribution in [0, 0.1) is 18.6 Å². The van der Waals surface area contributed by atoms with E-state index in [2.05, 4.69) is 11.6 Å². The van der Waals surface area contributed by atoms with E-state index in [1.807, 2.05) is 22.8 Å². The Labute approximate surface area is 234 Å². The van der Waals surface area contributed by atoms with Crippen LogP contribution in [0.25, 0.3) is 22.0 Å². The third kappa shape index (κ3) is 4.68. The number of likely N-dealkylation sites (tertiary alicyclic amines) is 1. The van der Waals surface area contributed by atoms with Gasteiger partial charge in [0.05, 0.1) is 11.6 Å². The van der Waals surface area contributed by atoms with Gasteiger partial charge in [-0.3, -0.25) is 14.3 Å². The molecule has 0 N–H and O–H groups in total. The van der Waals surface area contributed by atoms with Crippen molar-refractivity contribution in [3.63, 3.8) is 0 Å². The first-order valence-electron chi connectivity index (χ1n) is 13.5. The van der Waals surface area contributed by atoms with Gasteiger partial charge in [0.1, 0.15) is 23.6 Å². The van der Waals surface area contributed by atoms with Gasteiger partial charge in [-0.05, 0) is 43.2 Å². The molecule has 2 fully saturated rings. The van der Waals surface area contributed by atoms with E-state index in [1.54, 1.807) is 21.2 Å². The maximum Gasteiger partial charge on any atom is 0.350 e. The van der Waals surface area contributed by atoms with Gasteiger partial charge in [-0.15, -0.1) is 11.8 Å². The summed E-state index contributed by atoms with van der Waals surface area (Å²) in [4.78, 5) is 36.9. The number of alkyl halides is 1. The van der Waals surface area contributed by atoms with Gasteiger partial charge < -0.3 is 9.80 Å². The van der Waals surface area contributed by atoms with Crippen LogP contribution in [0.15, 0.2) is 46.6 Å². The Hall–Kier alpha value is -3.31. The molecule has 3 aromatic rings. The largest absolute Gasteiger partial charge is 0.352 e. The second-order valence-corrected chi connectivity index (χ2v) is 11.7. The second-order valence-electron chi connectivity index (χ2n) is 10.6. The highest BCUT2D eigenvalue weighted by molar-refractivity contribution is 7.99. The lowest BCUT2D eigenvalue weighted by Crippen LogP contribution is -2.49. The SMILES string of the molecule is C=CC(=O)N1CCN(c2nc(=O)n3c4c(c(-c5ccc(F)cc5F)c(C)cc24)SCC3CN2CCC(F)C2)CC1. The molecule has 4 heterocycles. The number of piperazine rings is 1. The smallest absolute Gasteiger partial charge is 0.350 e. The summed E-state index contributed by atoms with van der Waals surface area (Å²) in [6.07, 6.45) is 0.902. The van der Waals surface area contributed by atoms with Crippen molar-refractivity contribution in [2.45, 2.75) is 30.5 Å². The molecule has 3 aliphatic rings. The molecule has 0 radical (unpaired) electrons. The molecule has 0 bridgehead atoms. The van der Waals surface area contributed by atoms with E-state index in [4.69, 9.17) is 0 Å². The average molecular weight is 570 g/mol. The number of nitrogens with zero attached hydrogens (tertiary/aromatic N) is 5. The van der Waals surface area contributed by atoms with E-state index in [-0.39, 0.29) is 17.5 Å². The molecule has 7 nitrogen and oxygen atoms in total. The first-order valence-corrected chi connectivity index (χ1v) is 14.4. The van der Waals surface area contributed by atoms with Crippen LogP contribution >= 0.6 is 11.8 Å². The predicted octanol–water partition coefficient (Wildman–Crippen LogP) is 4.18. The number of halogens is 3. The van der Waals surface area contributed by atoms with Crippen LogP contribution in [-0.4, -0.2) is 83.0 Å². The average Bonchev–Trinajstić information content (AvgIpc) is 3.35. The number of benzene rings is 2. The molecule has 6 rings (SSSR count). The van der Waals surface area contributed by atoms with E-state index in [9.17, 15) is 18.4 Å². The topological polar surface area (TPSA) is 61.7 Å². The van der Waals surface area contributed by atoms with Crippen LogP contribution in [0.4, 0.5) is 19.0 Å². The van der Waals surface area contributed by atoms with E-state index >= 15 is 4.39 Å². The summed E-state index contributed by atoms with van der Waals surface area (Å²) in [7, 11) is 0. The number of hydrogen-bond donors (Lipinski definition) is 0. The van der Waals surface area contributed by atoms with Gasteiger partial charge >= 0.3 is 5.69 Å². The lowest BCUT2D eigenvalue weighted by Gasteiger charge is -2.37. The molecule has 0 saturated carbocycles. The maximum atomic E-state index is 15.1. The zero-order chi connectivity index (χ0) is 28.1. The Morgan fingerprint density at radius 2 is 1.95 bits per heavy atom. The zero-order valence-electron chi connectivity index (χ0n) is 22.2. The summed E-state index contributed by atoms with van der Waals surface area (Å²) in [5.41, 5.74) is 1.94. The quantitative estimate of drug-likeness (QED) is 0.430. The first kappa shape index (κ1) is 26.9. The molecular formula is C29H30F3N5O2S. The monoisotopic (exact) mass is 569 g/mol. The summed E-state index contributed by atoms with van der Waals surface area (Å²) in [6, 6.07) is 5.23. The van der Waals surface area contributed by atoms with Crippen molar-refractivity contribution in [2.75, 3.05) is 56.5 Å².